The Morgan fingerprint density at radius 2 is 1.77 bits per heavy atom. The maximum atomic E-state index is 5.40. The summed E-state index contributed by atoms with van der Waals surface area (Å²) in [5.41, 5.74) is -0.177. The second-order valence-corrected chi connectivity index (χ2v) is 6.43. The Morgan fingerprint density at radius 1 is 1.14 bits per heavy atom. The van der Waals surface area contributed by atoms with Crippen molar-refractivity contribution in [2.24, 2.45) is 4.99 Å². The zero-order chi connectivity index (χ0) is 15.6. The molecule has 0 aliphatic carbocycles. The van der Waals surface area contributed by atoms with Crippen LogP contribution in [-0.4, -0.2) is 63.3 Å². The monoisotopic (exact) mass is 426 g/mol. The highest BCUT2D eigenvalue weighted by molar-refractivity contribution is 14.0. The molecule has 6 heteroatoms. The van der Waals surface area contributed by atoms with E-state index >= 15 is 0 Å². The van der Waals surface area contributed by atoms with Crippen LogP contribution in [0.5, 0.6) is 0 Å². The second kappa shape index (κ2) is 12.4. The Kier molecular flexibility index (Phi) is 12.3. The molecule has 0 bridgehead atoms. The summed E-state index contributed by atoms with van der Waals surface area (Å²) in [7, 11) is 3.54. The number of methoxy groups -OCH3 is 1. The number of nitrogens with one attached hydrogen (secondary N) is 2. The maximum Gasteiger partial charge on any atom is 0.191 e. The van der Waals surface area contributed by atoms with Crippen molar-refractivity contribution in [3.63, 3.8) is 0 Å². The van der Waals surface area contributed by atoms with Crippen LogP contribution < -0.4 is 10.6 Å². The summed E-state index contributed by atoms with van der Waals surface area (Å²) in [4.78, 5) is 6.85. The molecule has 0 aromatic carbocycles. The van der Waals surface area contributed by atoms with Gasteiger partial charge in [0.15, 0.2) is 5.96 Å². The maximum absolute atomic E-state index is 5.40. The van der Waals surface area contributed by atoms with E-state index in [4.69, 9.17) is 4.74 Å². The Labute approximate surface area is 153 Å². The SMILES string of the molecule is CN=C(NCCCN1CCCCCC1)NCC(C)(C)OC.I. The summed E-state index contributed by atoms with van der Waals surface area (Å²) >= 11 is 0. The predicted octanol–water partition coefficient (Wildman–Crippen LogP) is 2.46. The lowest BCUT2D eigenvalue weighted by Gasteiger charge is -2.24. The largest absolute Gasteiger partial charge is 0.377 e. The Bertz CT molecular complexity index is 303. The van der Waals surface area contributed by atoms with Crippen molar-refractivity contribution in [3.05, 3.63) is 0 Å². The molecule has 2 N–H and O–H groups in total. The Morgan fingerprint density at radius 3 is 2.32 bits per heavy atom. The molecule has 5 nitrogen and oxygen atoms in total. The number of nitrogens with zero attached hydrogens (tertiary/aromatic N) is 2. The van der Waals surface area contributed by atoms with Crippen molar-refractivity contribution in [2.45, 2.75) is 51.6 Å². The number of likely N-dealkylation sites (tertiary alicyclic amines) is 1. The molecule has 1 rings (SSSR count). The molecule has 132 valence electrons. The zero-order valence-electron chi connectivity index (χ0n) is 14.8. The Hall–Kier alpha value is -0.0800. The molecule has 1 aliphatic rings. The van der Waals surface area contributed by atoms with Crippen molar-refractivity contribution in [1.82, 2.24) is 15.5 Å². The van der Waals surface area contributed by atoms with Gasteiger partial charge < -0.3 is 20.3 Å². The van der Waals surface area contributed by atoms with Gasteiger partial charge in [-0.25, -0.2) is 0 Å². The Balaban J connectivity index is 0.00000441. The summed E-state index contributed by atoms with van der Waals surface area (Å²) in [6.45, 7) is 9.57. The number of rotatable bonds is 7. The van der Waals surface area contributed by atoms with E-state index in [0.29, 0.717) is 0 Å². The van der Waals surface area contributed by atoms with Gasteiger partial charge in [-0.1, -0.05) is 12.8 Å². The van der Waals surface area contributed by atoms with Crippen molar-refractivity contribution in [3.8, 4) is 0 Å². The molecule has 0 aromatic heterocycles. The molecule has 0 spiro atoms. The van der Waals surface area contributed by atoms with Gasteiger partial charge in [0.05, 0.1) is 5.60 Å². The fourth-order valence-corrected chi connectivity index (χ4v) is 2.46. The number of guanidine groups is 1. The van der Waals surface area contributed by atoms with E-state index in [0.717, 1.165) is 25.5 Å². The summed E-state index contributed by atoms with van der Waals surface area (Å²) in [5.74, 6) is 0.857. The van der Waals surface area contributed by atoms with Gasteiger partial charge in [0.1, 0.15) is 0 Å². The average molecular weight is 426 g/mol. The second-order valence-electron chi connectivity index (χ2n) is 6.43. The molecule has 0 saturated carbocycles. The lowest BCUT2D eigenvalue weighted by Crippen LogP contribution is -2.45. The predicted molar refractivity (Wildman–Crippen MR) is 105 cm³/mol. The summed E-state index contributed by atoms with van der Waals surface area (Å²) in [6.07, 6.45) is 6.70. The van der Waals surface area contributed by atoms with E-state index in [-0.39, 0.29) is 29.6 Å². The first-order valence-electron chi connectivity index (χ1n) is 8.29. The lowest BCUT2D eigenvalue weighted by atomic mass is 10.1. The van der Waals surface area contributed by atoms with Crippen molar-refractivity contribution in [1.29, 1.82) is 0 Å². The number of halogens is 1. The minimum absolute atomic E-state index is 0. The van der Waals surface area contributed by atoms with Gasteiger partial charge in [0, 0.05) is 27.2 Å². The first-order chi connectivity index (χ1) is 10.1. The molecule has 1 fully saturated rings. The molecule has 1 heterocycles. The van der Waals surface area contributed by atoms with Crippen LogP contribution in [0, 0.1) is 0 Å². The number of ether oxygens (including phenoxy) is 1. The summed E-state index contributed by atoms with van der Waals surface area (Å²) in [6, 6.07) is 0. The standard InChI is InChI=1S/C16H34N4O.HI/c1-16(2,21-4)14-19-15(17-3)18-10-9-13-20-11-7-5-6-8-12-20;/h5-14H2,1-4H3,(H2,17,18,19);1H. The molecule has 0 radical (unpaired) electrons. The van der Waals surface area contributed by atoms with Crippen LogP contribution in [0.1, 0.15) is 46.0 Å². The first kappa shape index (κ1) is 21.9. The summed E-state index contributed by atoms with van der Waals surface area (Å²) < 4.78 is 5.40. The van der Waals surface area contributed by atoms with Crippen LogP contribution in [0.25, 0.3) is 0 Å². The third kappa shape index (κ3) is 9.84. The highest BCUT2D eigenvalue weighted by atomic mass is 127. The van der Waals surface area contributed by atoms with Crippen LogP contribution in [-0.2, 0) is 4.74 Å². The molecule has 22 heavy (non-hydrogen) atoms. The van der Waals surface area contributed by atoms with E-state index in [2.05, 4.69) is 34.4 Å². The van der Waals surface area contributed by atoms with Gasteiger partial charge in [-0.3, -0.25) is 4.99 Å². The third-order valence-electron chi connectivity index (χ3n) is 4.10. The fourth-order valence-electron chi connectivity index (χ4n) is 2.46. The van der Waals surface area contributed by atoms with Gasteiger partial charge in [-0.15, -0.1) is 24.0 Å². The van der Waals surface area contributed by atoms with Crippen LogP contribution in [0.2, 0.25) is 0 Å². The van der Waals surface area contributed by atoms with Crippen LogP contribution in [0.4, 0.5) is 0 Å². The van der Waals surface area contributed by atoms with Crippen molar-refractivity contribution < 1.29 is 4.74 Å². The molecular weight excluding hydrogens is 391 g/mol. The van der Waals surface area contributed by atoms with Crippen LogP contribution in [0.15, 0.2) is 4.99 Å². The highest BCUT2D eigenvalue weighted by Gasteiger charge is 2.16. The van der Waals surface area contributed by atoms with Crippen molar-refractivity contribution in [2.75, 3.05) is 46.9 Å². The van der Waals surface area contributed by atoms with E-state index in [9.17, 15) is 0 Å². The van der Waals surface area contributed by atoms with Gasteiger partial charge in [0.2, 0.25) is 0 Å². The molecule has 1 aliphatic heterocycles. The molecular formula is C16H35IN4O. The lowest BCUT2D eigenvalue weighted by molar-refractivity contribution is 0.0268. The topological polar surface area (TPSA) is 48.9 Å². The van der Waals surface area contributed by atoms with E-state index in [1.54, 1.807) is 7.11 Å². The molecule has 1 saturated heterocycles. The minimum Gasteiger partial charge on any atom is -0.377 e. The highest BCUT2D eigenvalue weighted by Crippen LogP contribution is 2.09. The molecule has 0 aromatic rings. The minimum atomic E-state index is -0.177. The summed E-state index contributed by atoms with van der Waals surface area (Å²) in [5, 5.41) is 6.69. The number of hydrogen-bond donors (Lipinski definition) is 2. The average Bonchev–Trinajstić information content (AvgIpc) is 2.75. The number of hydrogen-bond acceptors (Lipinski definition) is 3. The van der Waals surface area contributed by atoms with Gasteiger partial charge >= 0.3 is 0 Å². The smallest absolute Gasteiger partial charge is 0.191 e. The van der Waals surface area contributed by atoms with E-state index in [1.807, 2.05) is 7.05 Å². The zero-order valence-corrected chi connectivity index (χ0v) is 17.1. The molecule has 0 atom stereocenters. The first-order valence-corrected chi connectivity index (χ1v) is 8.29. The van der Waals surface area contributed by atoms with Gasteiger partial charge in [-0.2, -0.15) is 0 Å². The molecule has 0 amide bonds. The van der Waals surface area contributed by atoms with E-state index in [1.165, 1.54) is 45.3 Å². The van der Waals surface area contributed by atoms with Crippen LogP contribution >= 0.6 is 24.0 Å². The quantitative estimate of drug-likeness (QED) is 0.284. The van der Waals surface area contributed by atoms with Crippen molar-refractivity contribution >= 4 is 29.9 Å². The third-order valence-corrected chi connectivity index (χ3v) is 4.10. The molecule has 0 unspecified atom stereocenters. The van der Waals surface area contributed by atoms with Crippen LogP contribution in [0.3, 0.4) is 0 Å². The normalized spacial score (nSPS) is 17.5. The fraction of sp³-hybridized carbons (Fsp3) is 0.938. The van der Waals surface area contributed by atoms with Gasteiger partial charge in [-0.05, 0) is 52.7 Å². The number of aliphatic imine (C=N–C) groups is 1. The van der Waals surface area contributed by atoms with E-state index < -0.39 is 0 Å². The van der Waals surface area contributed by atoms with Gasteiger partial charge in [0.25, 0.3) is 0 Å².